The van der Waals surface area contributed by atoms with Gasteiger partial charge < -0.3 is 10.2 Å². The van der Waals surface area contributed by atoms with Crippen LogP contribution in [0, 0.1) is 0 Å². The fourth-order valence-electron chi connectivity index (χ4n) is 5.05. The van der Waals surface area contributed by atoms with Gasteiger partial charge in [0.25, 0.3) is 0 Å². The molecule has 0 bridgehead atoms. The number of hydrogen-bond donors (Lipinski definition) is 1. The highest BCUT2D eigenvalue weighted by Crippen LogP contribution is 2.37. The summed E-state index contributed by atoms with van der Waals surface area (Å²) in [4.78, 5) is 11.6. The normalized spacial score (nSPS) is 19.2. The standard InChI is InChI=1S/C25H29FN8S/c26-20-8-11-33(16-20)9-3-10-34-15-19(14-28-34)18-12-22-21(27-13-18)6-7-23(29-22)30-25-32-31-24(35-25)17-4-1-2-5-17/h6-7,12-15,17,20H,1-5,8-11,16H2,(H,29,30,32)/t20-/m0/s1. The van der Waals surface area contributed by atoms with Gasteiger partial charge in [-0.3, -0.25) is 9.67 Å². The van der Waals surface area contributed by atoms with E-state index in [1.807, 2.05) is 41.5 Å². The van der Waals surface area contributed by atoms with Crippen LogP contribution in [0.5, 0.6) is 0 Å². The topological polar surface area (TPSA) is 84.7 Å². The summed E-state index contributed by atoms with van der Waals surface area (Å²) in [7, 11) is 0. The number of fused-ring (bicyclic) bond motifs is 1. The number of anilines is 2. The van der Waals surface area contributed by atoms with Gasteiger partial charge in [0, 0.05) is 55.6 Å². The van der Waals surface area contributed by atoms with Crippen LogP contribution in [0.2, 0.25) is 0 Å². The summed E-state index contributed by atoms with van der Waals surface area (Å²) < 4.78 is 15.3. The Morgan fingerprint density at radius 2 is 1.94 bits per heavy atom. The third-order valence-electron chi connectivity index (χ3n) is 6.96. The molecule has 182 valence electrons. The van der Waals surface area contributed by atoms with E-state index in [2.05, 4.69) is 30.5 Å². The highest BCUT2D eigenvalue weighted by Gasteiger charge is 2.22. The Morgan fingerprint density at radius 3 is 2.80 bits per heavy atom. The largest absolute Gasteiger partial charge is 0.315 e. The third-order valence-corrected chi connectivity index (χ3v) is 7.96. The maximum Gasteiger partial charge on any atom is 0.211 e. The Balaban J connectivity index is 1.12. The fourth-order valence-corrected chi connectivity index (χ4v) is 5.97. The van der Waals surface area contributed by atoms with E-state index in [9.17, 15) is 4.39 Å². The molecular weight excluding hydrogens is 463 g/mol. The summed E-state index contributed by atoms with van der Waals surface area (Å²) in [5.74, 6) is 1.29. The van der Waals surface area contributed by atoms with Gasteiger partial charge in [-0.1, -0.05) is 24.2 Å². The molecule has 6 rings (SSSR count). The fraction of sp³-hybridized carbons (Fsp3) is 0.480. The number of aromatic nitrogens is 6. The van der Waals surface area contributed by atoms with Gasteiger partial charge in [-0.05, 0) is 43.9 Å². The molecule has 10 heteroatoms. The number of nitrogens with one attached hydrogen (secondary N) is 1. The molecule has 0 spiro atoms. The lowest BCUT2D eigenvalue weighted by Crippen LogP contribution is -2.23. The molecule has 0 aromatic carbocycles. The summed E-state index contributed by atoms with van der Waals surface area (Å²) in [5.41, 5.74) is 3.64. The van der Waals surface area contributed by atoms with E-state index in [0.717, 1.165) is 64.2 Å². The molecule has 2 aliphatic rings. The molecule has 1 atom stereocenters. The van der Waals surface area contributed by atoms with Crippen molar-refractivity contribution in [2.75, 3.05) is 25.0 Å². The lowest BCUT2D eigenvalue weighted by Gasteiger charge is -2.13. The van der Waals surface area contributed by atoms with Gasteiger partial charge in [-0.25, -0.2) is 9.37 Å². The van der Waals surface area contributed by atoms with E-state index in [4.69, 9.17) is 4.98 Å². The first-order valence-electron chi connectivity index (χ1n) is 12.5. The maximum atomic E-state index is 13.3. The zero-order valence-electron chi connectivity index (χ0n) is 19.6. The molecule has 1 N–H and O–H groups in total. The molecule has 1 saturated heterocycles. The average Bonchev–Trinajstić information content (AvgIpc) is 3.67. The van der Waals surface area contributed by atoms with Crippen LogP contribution in [0.4, 0.5) is 15.3 Å². The van der Waals surface area contributed by atoms with Crippen molar-refractivity contribution in [3.63, 3.8) is 0 Å². The first kappa shape index (κ1) is 22.5. The van der Waals surface area contributed by atoms with Gasteiger partial charge in [0.15, 0.2) is 0 Å². The van der Waals surface area contributed by atoms with Crippen molar-refractivity contribution in [2.24, 2.45) is 0 Å². The molecule has 0 radical (unpaired) electrons. The Morgan fingerprint density at radius 1 is 1.03 bits per heavy atom. The zero-order valence-corrected chi connectivity index (χ0v) is 20.4. The minimum Gasteiger partial charge on any atom is -0.315 e. The Labute approximate surface area is 207 Å². The second kappa shape index (κ2) is 9.94. The van der Waals surface area contributed by atoms with Crippen LogP contribution in [-0.2, 0) is 6.54 Å². The van der Waals surface area contributed by atoms with Crippen molar-refractivity contribution < 1.29 is 4.39 Å². The maximum absolute atomic E-state index is 13.3. The van der Waals surface area contributed by atoms with E-state index in [1.54, 1.807) is 11.3 Å². The van der Waals surface area contributed by atoms with E-state index in [1.165, 1.54) is 25.7 Å². The Bertz CT molecular complexity index is 1300. The first-order valence-corrected chi connectivity index (χ1v) is 13.3. The monoisotopic (exact) mass is 492 g/mol. The van der Waals surface area contributed by atoms with Gasteiger partial charge in [-0.15, -0.1) is 10.2 Å². The van der Waals surface area contributed by atoms with E-state index in [0.29, 0.717) is 18.9 Å². The van der Waals surface area contributed by atoms with Crippen LogP contribution in [-0.4, -0.2) is 60.7 Å². The van der Waals surface area contributed by atoms with Crippen molar-refractivity contribution in [3.05, 3.63) is 41.8 Å². The highest BCUT2D eigenvalue weighted by atomic mass is 32.1. The molecule has 5 heterocycles. The summed E-state index contributed by atoms with van der Waals surface area (Å²) in [6, 6.07) is 5.94. The van der Waals surface area contributed by atoms with E-state index in [-0.39, 0.29) is 0 Å². The van der Waals surface area contributed by atoms with Crippen LogP contribution in [0.25, 0.3) is 22.2 Å². The van der Waals surface area contributed by atoms with Gasteiger partial charge in [0.2, 0.25) is 5.13 Å². The average molecular weight is 493 g/mol. The second-order valence-corrected chi connectivity index (χ2v) is 10.6. The summed E-state index contributed by atoms with van der Waals surface area (Å²) in [6.07, 6.45) is 11.7. The molecule has 4 aromatic rings. The molecule has 1 saturated carbocycles. The number of halogens is 1. The van der Waals surface area contributed by atoms with Gasteiger partial charge in [0.1, 0.15) is 17.0 Å². The predicted octanol–water partition coefficient (Wildman–Crippen LogP) is 5.18. The summed E-state index contributed by atoms with van der Waals surface area (Å²) in [5, 5.41) is 18.4. The number of likely N-dealkylation sites (tertiary alicyclic amines) is 1. The number of rotatable bonds is 8. The number of pyridine rings is 2. The van der Waals surface area contributed by atoms with Gasteiger partial charge in [-0.2, -0.15) is 5.10 Å². The minimum atomic E-state index is -0.663. The highest BCUT2D eigenvalue weighted by molar-refractivity contribution is 7.15. The molecule has 35 heavy (non-hydrogen) atoms. The second-order valence-electron chi connectivity index (χ2n) is 9.54. The van der Waals surface area contributed by atoms with Crippen LogP contribution in [0.1, 0.15) is 49.5 Å². The third kappa shape index (κ3) is 5.18. The molecule has 2 fully saturated rings. The smallest absolute Gasteiger partial charge is 0.211 e. The minimum absolute atomic E-state index is 0.558. The van der Waals surface area contributed by atoms with Gasteiger partial charge >= 0.3 is 0 Å². The molecular formula is C25H29FN8S. The first-order chi connectivity index (χ1) is 17.2. The van der Waals surface area contributed by atoms with Crippen molar-refractivity contribution in [2.45, 2.75) is 57.2 Å². The molecule has 1 aliphatic heterocycles. The van der Waals surface area contributed by atoms with Crippen molar-refractivity contribution in [1.82, 2.24) is 34.8 Å². The SMILES string of the molecule is F[C@H]1CCN(CCCn2cc(-c3cnc4ccc(Nc5nnc(C6CCCC6)s5)nc4c3)cn2)C1. The lowest BCUT2D eigenvalue weighted by molar-refractivity contribution is 0.280. The summed E-state index contributed by atoms with van der Waals surface area (Å²) in [6.45, 7) is 3.14. The Hall–Kier alpha value is -2.98. The number of alkyl halides is 1. The summed E-state index contributed by atoms with van der Waals surface area (Å²) >= 11 is 1.63. The van der Waals surface area contributed by atoms with Gasteiger partial charge in [0.05, 0.1) is 17.2 Å². The molecule has 4 aromatic heterocycles. The zero-order chi connectivity index (χ0) is 23.6. The quantitative estimate of drug-likeness (QED) is 0.363. The predicted molar refractivity (Wildman–Crippen MR) is 136 cm³/mol. The molecule has 1 aliphatic carbocycles. The number of aryl methyl sites for hydroxylation is 1. The van der Waals surface area contributed by atoms with E-state index >= 15 is 0 Å². The van der Waals surface area contributed by atoms with Crippen LogP contribution < -0.4 is 5.32 Å². The number of hydrogen-bond acceptors (Lipinski definition) is 8. The number of nitrogens with zero attached hydrogens (tertiary/aromatic N) is 7. The Kier molecular flexibility index (Phi) is 6.39. The molecule has 0 amide bonds. The van der Waals surface area contributed by atoms with Crippen molar-refractivity contribution in [3.8, 4) is 11.1 Å². The van der Waals surface area contributed by atoms with Crippen LogP contribution >= 0.6 is 11.3 Å². The van der Waals surface area contributed by atoms with Crippen molar-refractivity contribution in [1.29, 1.82) is 0 Å². The molecule has 8 nitrogen and oxygen atoms in total. The molecule has 0 unspecified atom stereocenters. The van der Waals surface area contributed by atoms with Crippen LogP contribution in [0.15, 0.2) is 36.8 Å². The lowest BCUT2D eigenvalue weighted by atomic mass is 10.1. The van der Waals surface area contributed by atoms with Crippen molar-refractivity contribution >= 4 is 33.3 Å². The van der Waals surface area contributed by atoms with Crippen LogP contribution in [0.3, 0.4) is 0 Å². The van der Waals surface area contributed by atoms with E-state index < -0.39 is 6.17 Å².